The van der Waals surface area contributed by atoms with Gasteiger partial charge in [0.1, 0.15) is 0 Å². The number of imidazole rings is 1. The molecule has 3 rings (SSSR count). The van der Waals surface area contributed by atoms with Gasteiger partial charge in [0, 0.05) is 0 Å². The zero-order valence-corrected chi connectivity index (χ0v) is 18.6. The molecule has 1 aliphatic carbocycles. The molecule has 0 atom stereocenters. The second-order valence-electron chi connectivity index (χ2n) is 6.13. The average molecular weight is 619 g/mol. The van der Waals surface area contributed by atoms with Crippen LogP contribution < -0.4 is 0 Å². The van der Waals surface area contributed by atoms with E-state index in [-0.39, 0.29) is 0 Å². The zero-order valence-electron chi connectivity index (χ0n) is 13.1. The molecule has 0 N–H and O–H groups in total. The van der Waals surface area contributed by atoms with Gasteiger partial charge in [0.25, 0.3) is 0 Å². The number of ether oxygens (including phenoxy) is 1. The number of aromatic nitrogens is 2. The molecule has 2 fully saturated rings. The third kappa shape index (κ3) is 3.88. The van der Waals surface area contributed by atoms with Crippen LogP contribution in [0.3, 0.4) is 0 Å². The number of rotatable bonds is 3. The third-order valence-electron chi connectivity index (χ3n) is 4.49. The van der Waals surface area contributed by atoms with E-state index in [1.165, 1.54) is 42.5 Å². The van der Waals surface area contributed by atoms with Crippen LogP contribution in [0, 0.1) is 9.72 Å². The Morgan fingerprint density at radius 2 is 1.82 bits per heavy atom. The molecule has 4 nitrogen and oxygen atoms in total. The van der Waals surface area contributed by atoms with E-state index in [2.05, 4.69) is 58.6 Å². The molecule has 1 saturated carbocycles. The molecule has 0 spiro atoms. The van der Waals surface area contributed by atoms with E-state index in [4.69, 9.17) is 4.74 Å². The second kappa shape index (κ2) is 7.77. The van der Waals surface area contributed by atoms with Crippen molar-refractivity contribution in [1.82, 2.24) is 12.6 Å². The number of hydrogen-bond donors (Lipinski definition) is 0. The summed E-state index contributed by atoms with van der Waals surface area (Å²) in [5, 5.41) is 0. The zero-order chi connectivity index (χ0) is 15.6. The van der Waals surface area contributed by atoms with E-state index in [9.17, 15) is 0 Å². The Morgan fingerprint density at radius 3 is 2.50 bits per heavy atom. The molecule has 0 radical (unpaired) electrons. The molecule has 7 heteroatoms. The number of morpholine rings is 1. The fourth-order valence-corrected chi connectivity index (χ4v) is 16.9. The minimum atomic E-state index is -2.50. The van der Waals surface area contributed by atoms with Crippen LogP contribution in [0.2, 0.25) is 0 Å². The molecule has 131 valence electrons. The first-order valence-corrected chi connectivity index (χ1v) is 20.1. The van der Waals surface area contributed by atoms with Crippen LogP contribution >= 0.6 is 26.6 Å². The van der Waals surface area contributed by atoms with Gasteiger partial charge in [-0.15, -0.1) is 0 Å². The van der Waals surface area contributed by atoms with Crippen molar-refractivity contribution < 1.29 is 16.5 Å². The maximum atomic E-state index is 5.53. The number of halogens is 2. The van der Waals surface area contributed by atoms with Crippen molar-refractivity contribution in [3.05, 3.63) is 16.2 Å². The monoisotopic (exact) mass is 617 g/mol. The van der Waals surface area contributed by atoms with Gasteiger partial charge in [-0.3, -0.25) is 0 Å². The molecule has 22 heavy (non-hydrogen) atoms. The van der Waals surface area contributed by atoms with Gasteiger partial charge in [-0.1, -0.05) is 0 Å². The van der Waals surface area contributed by atoms with Crippen LogP contribution in [0.25, 0.3) is 0 Å². The van der Waals surface area contributed by atoms with Gasteiger partial charge in [0.2, 0.25) is 0 Å². The molecule has 0 aromatic carbocycles. The van der Waals surface area contributed by atoms with Crippen molar-refractivity contribution in [2.45, 2.75) is 38.6 Å². The number of hydrogen-bond acceptors (Lipinski definition) is 2. The van der Waals surface area contributed by atoms with Gasteiger partial charge in [0.15, 0.2) is 0 Å². The maximum absolute atomic E-state index is 5.53. The van der Waals surface area contributed by atoms with Crippen molar-refractivity contribution in [1.29, 1.82) is 0 Å². The summed E-state index contributed by atoms with van der Waals surface area (Å²) in [6.07, 6.45) is 11.5. The van der Waals surface area contributed by atoms with Crippen LogP contribution in [0.4, 0.5) is 0 Å². The van der Waals surface area contributed by atoms with Gasteiger partial charge >= 0.3 is 150 Å². The van der Waals surface area contributed by atoms with Crippen molar-refractivity contribution in [2.24, 2.45) is 13.0 Å². The summed E-state index contributed by atoms with van der Waals surface area (Å²) in [5.41, 5.74) is 0. The Morgan fingerprint density at radius 1 is 1.14 bits per heavy atom. The Balaban J connectivity index is 1.94. The molecule has 2 aliphatic rings. The van der Waals surface area contributed by atoms with Crippen molar-refractivity contribution >= 4 is 26.6 Å². The van der Waals surface area contributed by atoms with E-state index >= 15 is 0 Å². The summed E-state index contributed by atoms with van der Waals surface area (Å²) in [6, 6.07) is 0. The molecular formula is C15H26Br2N3OPt. The van der Waals surface area contributed by atoms with Gasteiger partial charge in [0.05, 0.1) is 0 Å². The SMILES string of the molecule is Cn1ccn(CC2CCCCC2)[c]1=[Pt]([Br])([Br])[N]1CCOCC1. The Hall–Kier alpha value is 0.778. The van der Waals surface area contributed by atoms with Gasteiger partial charge < -0.3 is 0 Å². The molecule has 1 aliphatic heterocycles. The van der Waals surface area contributed by atoms with Crippen molar-refractivity contribution in [3.63, 3.8) is 0 Å². The Labute approximate surface area is 149 Å². The molecule has 1 aromatic rings. The van der Waals surface area contributed by atoms with E-state index < -0.39 is 11.7 Å². The minimum absolute atomic E-state index is 0.843. The second-order valence-corrected chi connectivity index (χ2v) is 28.4. The summed E-state index contributed by atoms with van der Waals surface area (Å²) in [4.78, 5) is 0. The predicted octanol–water partition coefficient (Wildman–Crippen LogP) is 3.96. The van der Waals surface area contributed by atoms with Crippen LogP contribution in [0.5, 0.6) is 0 Å². The molecular weight excluding hydrogens is 593 g/mol. The van der Waals surface area contributed by atoms with Crippen molar-refractivity contribution in [3.8, 4) is 0 Å². The summed E-state index contributed by atoms with van der Waals surface area (Å²) in [5.74, 6) is 0.849. The Bertz CT molecular complexity index is 580. The molecule has 1 aromatic heterocycles. The average Bonchev–Trinajstić information content (AvgIpc) is 2.90. The summed E-state index contributed by atoms with van der Waals surface area (Å²) < 4.78 is 14.4. The van der Waals surface area contributed by atoms with E-state index in [1.807, 2.05) is 0 Å². The quantitative estimate of drug-likeness (QED) is 0.512. The topological polar surface area (TPSA) is 22.3 Å². The van der Waals surface area contributed by atoms with Gasteiger partial charge in [-0.25, -0.2) is 0 Å². The fraction of sp³-hybridized carbons (Fsp3) is 0.800. The van der Waals surface area contributed by atoms with E-state index in [1.54, 1.807) is 0 Å². The first kappa shape index (κ1) is 17.6. The molecule has 2 heterocycles. The van der Waals surface area contributed by atoms with Gasteiger partial charge in [-0.2, -0.15) is 0 Å². The van der Waals surface area contributed by atoms with Crippen LogP contribution in [-0.2, 0) is 30.1 Å². The van der Waals surface area contributed by atoms with E-state index in [0.717, 1.165) is 32.2 Å². The Kier molecular flexibility index (Phi) is 6.22. The summed E-state index contributed by atoms with van der Waals surface area (Å²) in [6.45, 7) is 4.89. The summed E-state index contributed by atoms with van der Waals surface area (Å²) in [7, 11) is 2.17. The van der Waals surface area contributed by atoms with Crippen LogP contribution in [0.1, 0.15) is 32.1 Å². The normalized spacial score (nSPS) is 22.9. The first-order chi connectivity index (χ1) is 10.6. The molecule has 0 amide bonds. The molecule has 0 bridgehead atoms. The molecule has 0 unspecified atom stereocenters. The fourth-order valence-electron chi connectivity index (χ4n) is 3.32. The van der Waals surface area contributed by atoms with Crippen LogP contribution in [-0.4, -0.2) is 38.9 Å². The van der Waals surface area contributed by atoms with Crippen LogP contribution in [0.15, 0.2) is 12.4 Å². The predicted molar refractivity (Wildman–Crippen MR) is 93.5 cm³/mol. The van der Waals surface area contributed by atoms with E-state index in [0.29, 0.717) is 0 Å². The third-order valence-corrected chi connectivity index (χ3v) is 18.9. The standard InChI is InChI=1S/C11H18N2.C4H8NO.2BrH.Pt/c1-12-7-8-13(10-12)9-11-5-3-2-4-6-11;1-3-6-4-2-5-1;;;/h7-8,11H,2-6,9H2,1H3;1-4H2;2*1H;/q;-1;;;+3/p-2. The summed E-state index contributed by atoms with van der Waals surface area (Å²) >= 11 is 5.75. The first-order valence-electron chi connectivity index (χ1n) is 8.03. The van der Waals surface area contributed by atoms with Crippen molar-refractivity contribution in [2.75, 3.05) is 26.3 Å². The molecule has 1 saturated heterocycles. The number of aryl methyl sites for hydroxylation is 1. The van der Waals surface area contributed by atoms with Gasteiger partial charge in [-0.05, 0) is 0 Å². The number of nitrogens with zero attached hydrogens (tertiary/aromatic N) is 3.